The lowest BCUT2D eigenvalue weighted by molar-refractivity contribution is 0.174. The third-order valence-corrected chi connectivity index (χ3v) is 7.23. The van der Waals surface area contributed by atoms with Crippen molar-refractivity contribution in [2.75, 3.05) is 32.4 Å². The van der Waals surface area contributed by atoms with E-state index in [0.717, 1.165) is 47.7 Å². The monoisotopic (exact) mass is 499 g/mol. The third-order valence-electron chi connectivity index (χ3n) is 6.67. The summed E-state index contributed by atoms with van der Waals surface area (Å²) in [6.07, 6.45) is 7.95. The lowest BCUT2D eigenvalue weighted by Crippen LogP contribution is -2.34. The van der Waals surface area contributed by atoms with Crippen LogP contribution in [0.2, 0.25) is 0 Å². The second-order valence-corrected chi connectivity index (χ2v) is 9.36. The van der Waals surface area contributed by atoms with E-state index in [9.17, 15) is 0 Å². The SMILES string of the molecule is COc1ccc2c(c1OCCCCCCBr)[C@H](C)N1CCc3cc4c(cc3C1=C2)OCO4. The van der Waals surface area contributed by atoms with E-state index in [2.05, 4.69) is 52.0 Å². The van der Waals surface area contributed by atoms with E-state index in [1.165, 1.54) is 47.2 Å². The fraction of sp³-hybridized carbons (Fsp3) is 0.462. The van der Waals surface area contributed by atoms with Crippen LogP contribution in [0.4, 0.5) is 0 Å². The molecule has 6 heteroatoms. The molecule has 0 saturated heterocycles. The topological polar surface area (TPSA) is 40.2 Å². The van der Waals surface area contributed by atoms with Gasteiger partial charge in [0.2, 0.25) is 6.79 Å². The first-order chi connectivity index (χ1) is 15.7. The number of halogens is 1. The minimum Gasteiger partial charge on any atom is -0.493 e. The van der Waals surface area contributed by atoms with Crippen molar-refractivity contribution in [2.24, 2.45) is 0 Å². The van der Waals surface area contributed by atoms with Crippen molar-refractivity contribution < 1.29 is 18.9 Å². The van der Waals surface area contributed by atoms with Crippen molar-refractivity contribution in [1.29, 1.82) is 0 Å². The molecule has 3 aliphatic rings. The molecule has 1 atom stereocenters. The Morgan fingerprint density at radius 1 is 1.09 bits per heavy atom. The largest absolute Gasteiger partial charge is 0.493 e. The van der Waals surface area contributed by atoms with Gasteiger partial charge >= 0.3 is 0 Å². The van der Waals surface area contributed by atoms with Gasteiger partial charge in [-0.05, 0) is 61.6 Å². The summed E-state index contributed by atoms with van der Waals surface area (Å²) in [6.45, 7) is 4.25. The van der Waals surface area contributed by atoms with Crippen molar-refractivity contribution in [2.45, 2.75) is 45.1 Å². The Morgan fingerprint density at radius 2 is 1.91 bits per heavy atom. The molecule has 2 aromatic rings. The molecule has 0 amide bonds. The Bertz CT molecular complexity index is 1030. The molecule has 0 aromatic heterocycles. The second kappa shape index (κ2) is 9.26. The molecule has 0 fully saturated rings. The van der Waals surface area contributed by atoms with E-state index in [-0.39, 0.29) is 6.04 Å². The smallest absolute Gasteiger partial charge is 0.231 e. The Balaban J connectivity index is 1.47. The highest BCUT2D eigenvalue weighted by molar-refractivity contribution is 9.09. The Morgan fingerprint density at radius 3 is 2.72 bits per heavy atom. The zero-order valence-electron chi connectivity index (χ0n) is 18.8. The zero-order valence-corrected chi connectivity index (χ0v) is 20.4. The summed E-state index contributed by atoms with van der Waals surface area (Å²) < 4.78 is 23.3. The van der Waals surface area contributed by atoms with E-state index >= 15 is 0 Å². The quantitative estimate of drug-likeness (QED) is 0.320. The number of benzene rings is 2. The molecule has 3 aliphatic heterocycles. The minimum atomic E-state index is 0.196. The first kappa shape index (κ1) is 21.5. The van der Waals surface area contributed by atoms with Gasteiger partial charge in [-0.1, -0.05) is 34.8 Å². The molecule has 0 spiro atoms. The van der Waals surface area contributed by atoms with E-state index in [1.807, 2.05) is 6.07 Å². The van der Waals surface area contributed by atoms with E-state index in [0.29, 0.717) is 13.4 Å². The normalized spacial score (nSPS) is 17.9. The number of nitrogens with zero attached hydrogens (tertiary/aromatic N) is 1. The maximum atomic E-state index is 6.36. The van der Waals surface area contributed by atoms with Gasteiger partial charge in [-0.15, -0.1) is 0 Å². The summed E-state index contributed by atoms with van der Waals surface area (Å²) in [7, 11) is 1.72. The number of alkyl halides is 1. The molecule has 2 aromatic carbocycles. The molecule has 0 bridgehead atoms. The highest BCUT2D eigenvalue weighted by atomic mass is 79.9. The number of hydrogen-bond acceptors (Lipinski definition) is 5. The minimum absolute atomic E-state index is 0.196. The van der Waals surface area contributed by atoms with Crippen LogP contribution >= 0.6 is 15.9 Å². The van der Waals surface area contributed by atoms with Crippen LogP contribution < -0.4 is 18.9 Å². The van der Waals surface area contributed by atoms with Crippen LogP contribution in [0.1, 0.15) is 60.9 Å². The maximum absolute atomic E-state index is 6.36. The van der Waals surface area contributed by atoms with Crippen molar-refractivity contribution in [1.82, 2.24) is 4.90 Å². The Hall–Kier alpha value is -2.34. The number of ether oxygens (including phenoxy) is 4. The zero-order chi connectivity index (χ0) is 22.1. The molecule has 0 unspecified atom stereocenters. The van der Waals surface area contributed by atoms with Crippen molar-refractivity contribution in [3.05, 3.63) is 46.5 Å². The average molecular weight is 500 g/mol. The molecule has 5 nitrogen and oxygen atoms in total. The van der Waals surface area contributed by atoms with Crippen LogP contribution in [0.15, 0.2) is 24.3 Å². The molecular formula is C26H30BrNO4. The van der Waals surface area contributed by atoms with Crippen LogP contribution in [0.25, 0.3) is 11.8 Å². The predicted molar refractivity (Wildman–Crippen MR) is 130 cm³/mol. The second-order valence-electron chi connectivity index (χ2n) is 8.56. The Labute approximate surface area is 198 Å². The van der Waals surface area contributed by atoms with Gasteiger partial charge in [0.05, 0.1) is 19.8 Å². The van der Waals surface area contributed by atoms with Gasteiger partial charge in [-0.25, -0.2) is 0 Å². The molecular weight excluding hydrogens is 470 g/mol. The number of fused-ring (bicyclic) bond motifs is 5. The van der Waals surface area contributed by atoms with Gasteiger partial charge in [-0.2, -0.15) is 0 Å². The first-order valence-corrected chi connectivity index (χ1v) is 12.6. The molecule has 0 aliphatic carbocycles. The molecule has 3 heterocycles. The predicted octanol–water partition coefficient (Wildman–Crippen LogP) is 6.19. The Kier molecular flexibility index (Phi) is 6.22. The van der Waals surface area contributed by atoms with Crippen molar-refractivity contribution in [3.8, 4) is 23.0 Å². The summed E-state index contributed by atoms with van der Waals surface area (Å²) >= 11 is 3.50. The van der Waals surface area contributed by atoms with Gasteiger partial charge in [0.15, 0.2) is 23.0 Å². The fourth-order valence-corrected chi connectivity index (χ4v) is 5.39. The summed E-state index contributed by atoms with van der Waals surface area (Å²) in [6, 6.07) is 8.66. The molecule has 170 valence electrons. The molecule has 5 rings (SSSR count). The van der Waals surface area contributed by atoms with Gasteiger partial charge in [0.1, 0.15) is 0 Å². The van der Waals surface area contributed by atoms with Crippen molar-refractivity contribution >= 4 is 27.7 Å². The molecule has 0 saturated carbocycles. The summed E-state index contributed by atoms with van der Waals surface area (Å²) in [5.74, 6) is 3.40. The number of hydrogen-bond donors (Lipinski definition) is 0. The lowest BCUT2D eigenvalue weighted by Gasteiger charge is -2.42. The molecule has 0 N–H and O–H groups in total. The third kappa shape index (κ3) is 3.83. The maximum Gasteiger partial charge on any atom is 0.231 e. The van der Waals surface area contributed by atoms with Gasteiger partial charge in [0, 0.05) is 28.7 Å². The van der Waals surface area contributed by atoms with E-state index in [4.69, 9.17) is 18.9 Å². The number of rotatable bonds is 8. The number of unbranched alkanes of at least 4 members (excludes halogenated alkanes) is 3. The van der Waals surface area contributed by atoms with Gasteiger partial charge in [-0.3, -0.25) is 0 Å². The van der Waals surface area contributed by atoms with Crippen LogP contribution in [0, 0.1) is 0 Å². The highest BCUT2D eigenvalue weighted by Gasteiger charge is 2.34. The van der Waals surface area contributed by atoms with Gasteiger partial charge in [0.25, 0.3) is 0 Å². The summed E-state index contributed by atoms with van der Waals surface area (Å²) in [4.78, 5) is 2.48. The van der Waals surface area contributed by atoms with Crippen LogP contribution in [0.3, 0.4) is 0 Å². The number of methoxy groups -OCH3 is 1. The highest BCUT2D eigenvalue weighted by Crippen LogP contribution is 2.49. The van der Waals surface area contributed by atoms with Gasteiger partial charge < -0.3 is 23.8 Å². The van der Waals surface area contributed by atoms with Crippen LogP contribution in [0.5, 0.6) is 23.0 Å². The summed E-state index contributed by atoms with van der Waals surface area (Å²) in [5.41, 5.74) is 6.22. The standard InChI is InChI=1S/C26H30BrNO4/c1-17-25-19(7-8-22(29-2)26(25)30-12-6-4-3-5-10-27)13-21-20-15-24-23(31-16-32-24)14-18(20)9-11-28(17)21/h7-8,13-15,17H,3-6,9-12,16H2,1-2H3/t17-/m0/s1. The molecule has 0 radical (unpaired) electrons. The first-order valence-electron chi connectivity index (χ1n) is 11.5. The average Bonchev–Trinajstić information content (AvgIpc) is 3.27. The summed E-state index contributed by atoms with van der Waals surface area (Å²) in [5, 5.41) is 1.07. The molecule has 32 heavy (non-hydrogen) atoms. The fourth-order valence-electron chi connectivity index (χ4n) is 5.00. The van der Waals surface area contributed by atoms with Crippen molar-refractivity contribution in [3.63, 3.8) is 0 Å². The lowest BCUT2D eigenvalue weighted by atomic mass is 9.86. The van der Waals surface area contributed by atoms with E-state index < -0.39 is 0 Å². The van der Waals surface area contributed by atoms with Crippen LogP contribution in [-0.4, -0.2) is 37.3 Å². The van der Waals surface area contributed by atoms with Crippen LogP contribution in [-0.2, 0) is 6.42 Å². The van der Waals surface area contributed by atoms with E-state index in [1.54, 1.807) is 7.11 Å².